The lowest BCUT2D eigenvalue weighted by Crippen LogP contribution is -2.31. The van der Waals surface area contributed by atoms with Crippen LogP contribution in [0.4, 0.5) is 4.39 Å². The molecule has 1 aromatic carbocycles. The van der Waals surface area contributed by atoms with Gasteiger partial charge in [-0.25, -0.2) is 4.39 Å². The van der Waals surface area contributed by atoms with E-state index in [9.17, 15) is 4.39 Å². The summed E-state index contributed by atoms with van der Waals surface area (Å²) in [5.41, 5.74) is 3.38. The van der Waals surface area contributed by atoms with Crippen LogP contribution in [0.2, 0.25) is 0 Å². The van der Waals surface area contributed by atoms with Crippen LogP contribution in [0.25, 0.3) is 0 Å². The Morgan fingerprint density at radius 3 is 2.05 bits per heavy atom. The van der Waals surface area contributed by atoms with E-state index in [1.165, 1.54) is 5.56 Å². The van der Waals surface area contributed by atoms with Crippen molar-refractivity contribution in [3.05, 3.63) is 34.6 Å². The highest BCUT2D eigenvalue weighted by Gasteiger charge is 2.24. The van der Waals surface area contributed by atoms with Gasteiger partial charge in [-0.1, -0.05) is 27.7 Å². The van der Waals surface area contributed by atoms with E-state index in [1.54, 1.807) is 12.1 Å². The minimum absolute atomic E-state index is 0.134. The van der Waals surface area contributed by atoms with E-state index >= 15 is 0 Å². The van der Waals surface area contributed by atoms with Gasteiger partial charge in [0.15, 0.2) is 0 Å². The van der Waals surface area contributed by atoms with Gasteiger partial charge in [-0.2, -0.15) is 0 Å². The molecule has 0 aliphatic carbocycles. The van der Waals surface area contributed by atoms with Crippen LogP contribution < -0.4 is 5.32 Å². The third kappa shape index (κ3) is 4.04. The zero-order chi connectivity index (χ0) is 14.6. The quantitative estimate of drug-likeness (QED) is 0.781. The van der Waals surface area contributed by atoms with Crippen molar-refractivity contribution in [1.82, 2.24) is 5.32 Å². The molecule has 19 heavy (non-hydrogen) atoms. The Morgan fingerprint density at radius 2 is 1.63 bits per heavy atom. The van der Waals surface area contributed by atoms with Gasteiger partial charge < -0.3 is 5.32 Å². The highest BCUT2D eigenvalue weighted by atomic mass is 19.1. The normalized spacial score (nSPS) is 14.7. The second kappa shape index (κ2) is 7.04. The van der Waals surface area contributed by atoms with Crippen LogP contribution >= 0.6 is 0 Å². The summed E-state index contributed by atoms with van der Waals surface area (Å²) in [7, 11) is 0. The molecule has 108 valence electrons. The van der Waals surface area contributed by atoms with Gasteiger partial charge in [0, 0.05) is 6.04 Å². The van der Waals surface area contributed by atoms with Gasteiger partial charge in [-0.3, -0.25) is 0 Å². The SMILES string of the molecule is CCCNC(c1c(C)cc(F)cc1C)C(C)C(C)C. The first-order chi connectivity index (χ1) is 8.88. The number of nitrogens with one attached hydrogen (secondary N) is 1. The van der Waals surface area contributed by atoms with Crippen molar-refractivity contribution in [1.29, 1.82) is 0 Å². The van der Waals surface area contributed by atoms with Crippen LogP contribution in [0.15, 0.2) is 12.1 Å². The zero-order valence-corrected chi connectivity index (χ0v) is 13.2. The maximum atomic E-state index is 13.5. The molecular formula is C17H28FN. The molecule has 0 saturated heterocycles. The lowest BCUT2D eigenvalue weighted by atomic mass is 9.82. The number of aryl methyl sites for hydroxylation is 2. The lowest BCUT2D eigenvalue weighted by Gasteiger charge is -2.31. The molecule has 1 N–H and O–H groups in total. The maximum Gasteiger partial charge on any atom is 0.123 e. The van der Waals surface area contributed by atoms with E-state index in [2.05, 4.69) is 33.0 Å². The molecule has 1 aromatic rings. The number of rotatable bonds is 6. The summed E-state index contributed by atoms with van der Waals surface area (Å²) in [6, 6.07) is 3.60. The van der Waals surface area contributed by atoms with Gasteiger partial charge in [0.1, 0.15) is 5.82 Å². The van der Waals surface area contributed by atoms with E-state index in [0.717, 1.165) is 24.1 Å². The number of benzene rings is 1. The van der Waals surface area contributed by atoms with Crippen LogP contribution in [0.1, 0.15) is 56.8 Å². The first-order valence-electron chi connectivity index (χ1n) is 7.38. The van der Waals surface area contributed by atoms with Crippen molar-refractivity contribution < 1.29 is 4.39 Å². The summed E-state index contributed by atoms with van der Waals surface area (Å²) in [6.45, 7) is 14.0. The van der Waals surface area contributed by atoms with Gasteiger partial charge in [0.05, 0.1) is 0 Å². The second-order valence-electron chi connectivity index (χ2n) is 5.99. The smallest absolute Gasteiger partial charge is 0.123 e. The minimum atomic E-state index is -0.134. The Morgan fingerprint density at radius 1 is 1.11 bits per heavy atom. The molecule has 2 atom stereocenters. The standard InChI is InChI=1S/C17H28FN/c1-7-8-19-17(14(6)11(2)3)16-12(4)9-15(18)10-13(16)5/h9-11,14,17,19H,7-8H2,1-6H3. The topological polar surface area (TPSA) is 12.0 Å². The van der Waals surface area contributed by atoms with Gasteiger partial charge in [0.2, 0.25) is 0 Å². The molecule has 1 rings (SSSR count). The van der Waals surface area contributed by atoms with Crippen LogP contribution in [-0.2, 0) is 0 Å². The summed E-state index contributed by atoms with van der Waals surface area (Å²) in [4.78, 5) is 0. The lowest BCUT2D eigenvalue weighted by molar-refractivity contribution is 0.302. The predicted molar refractivity (Wildman–Crippen MR) is 80.9 cm³/mol. The van der Waals surface area contributed by atoms with E-state index in [-0.39, 0.29) is 5.82 Å². The van der Waals surface area contributed by atoms with Gasteiger partial charge in [-0.15, -0.1) is 0 Å². The molecule has 0 bridgehead atoms. The summed E-state index contributed by atoms with van der Waals surface area (Å²) in [6.07, 6.45) is 1.11. The molecule has 2 unspecified atom stereocenters. The summed E-state index contributed by atoms with van der Waals surface area (Å²) < 4.78 is 13.5. The molecule has 0 fully saturated rings. The first-order valence-corrected chi connectivity index (χ1v) is 7.38. The largest absolute Gasteiger partial charge is 0.310 e. The van der Waals surface area contributed by atoms with Crippen LogP contribution in [0.3, 0.4) is 0 Å². The Bertz CT molecular complexity index is 389. The number of hydrogen-bond donors (Lipinski definition) is 1. The fraction of sp³-hybridized carbons (Fsp3) is 0.647. The average molecular weight is 265 g/mol. The molecule has 0 aliphatic heterocycles. The predicted octanol–water partition coefficient (Wildman–Crippen LogP) is 4.78. The van der Waals surface area contributed by atoms with Crippen LogP contribution in [0, 0.1) is 31.5 Å². The van der Waals surface area contributed by atoms with Crippen LogP contribution in [0.5, 0.6) is 0 Å². The molecule has 0 spiro atoms. The van der Waals surface area contributed by atoms with Crippen molar-refractivity contribution in [3.8, 4) is 0 Å². The molecule has 0 aliphatic rings. The molecule has 0 amide bonds. The molecule has 0 heterocycles. The van der Waals surface area contributed by atoms with Crippen LogP contribution in [-0.4, -0.2) is 6.54 Å². The molecule has 1 nitrogen and oxygen atoms in total. The fourth-order valence-corrected chi connectivity index (χ4v) is 2.65. The zero-order valence-electron chi connectivity index (χ0n) is 13.2. The Balaban J connectivity index is 3.16. The Hall–Kier alpha value is -0.890. The Labute approximate surface area is 117 Å². The number of hydrogen-bond acceptors (Lipinski definition) is 1. The first kappa shape index (κ1) is 16.2. The van der Waals surface area contributed by atoms with E-state index in [0.29, 0.717) is 17.9 Å². The highest BCUT2D eigenvalue weighted by molar-refractivity contribution is 5.37. The van der Waals surface area contributed by atoms with Crippen molar-refractivity contribution in [3.63, 3.8) is 0 Å². The van der Waals surface area contributed by atoms with Crippen molar-refractivity contribution in [2.24, 2.45) is 11.8 Å². The van der Waals surface area contributed by atoms with E-state index in [4.69, 9.17) is 0 Å². The second-order valence-corrected chi connectivity index (χ2v) is 5.99. The van der Waals surface area contributed by atoms with Crippen molar-refractivity contribution in [2.45, 2.75) is 54.0 Å². The summed E-state index contributed by atoms with van der Waals surface area (Å²) >= 11 is 0. The van der Waals surface area contributed by atoms with Gasteiger partial charge in [0.25, 0.3) is 0 Å². The summed E-state index contributed by atoms with van der Waals surface area (Å²) in [5.74, 6) is 0.984. The minimum Gasteiger partial charge on any atom is -0.310 e. The van der Waals surface area contributed by atoms with E-state index in [1.807, 2.05) is 13.8 Å². The monoisotopic (exact) mass is 265 g/mol. The summed E-state index contributed by atoms with van der Waals surface area (Å²) in [5, 5.41) is 3.65. The highest BCUT2D eigenvalue weighted by Crippen LogP contribution is 2.32. The molecular weight excluding hydrogens is 237 g/mol. The third-order valence-corrected chi connectivity index (χ3v) is 4.06. The molecule has 2 heteroatoms. The Kier molecular flexibility index (Phi) is 5.99. The average Bonchev–Trinajstić information content (AvgIpc) is 2.31. The molecule has 0 saturated carbocycles. The van der Waals surface area contributed by atoms with Crippen molar-refractivity contribution in [2.75, 3.05) is 6.54 Å². The maximum absolute atomic E-state index is 13.5. The molecule has 0 radical (unpaired) electrons. The third-order valence-electron chi connectivity index (χ3n) is 4.06. The van der Waals surface area contributed by atoms with E-state index < -0.39 is 0 Å². The molecule has 0 aromatic heterocycles. The van der Waals surface area contributed by atoms with Crippen molar-refractivity contribution >= 4 is 0 Å². The number of halogens is 1. The van der Waals surface area contributed by atoms with Gasteiger partial charge >= 0.3 is 0 Å². The van der Waals surface area contributed by atoms with Gasteiger partial charge in [-0.05, 0) is 67.5 Å². The fourth-order valence-electron chi connectivity index (χ4n) is 2.65.